The van der Waals surface area contributed by atoms with Crippen molar-refractivity contribution in [1.29, 1.82) is 0 Å². The zero-order chi connectivity index (χ0) is 14.5. The first-order valence-electron chi connectivity index (χ1n) is 7.23. The highest BCUT2D eigenvalue weighted by Gasteiger charge is 2.17. The maximum absolute atomic E-state index is 9.03. The molecule has 0 amide bonds. The fraction of sp³-hybridized carbons (Fsp3) is 0.714. The van der Waals surface area contributed by atoms with E-state index in [4.69, 9.17) is 16.7 Å². The Balaban J connectivity index is 2.11. The summed E-state index contributed by atoms with van der Waals surface area (Å²) < 4.78 is 0. The Labute approximate surface area is 125 Å². The molecule has 1 aliphatic rings. The molecule has 0 atom stereocenters. The summed E-state index contributed by atoms with van der Waals surface area (Å²) >= 11 is 6.11. The van der Waals surface area contributed by atoms with Gasteiger partial charge in [-0.15, -0.1) is 0 Å². The van der Waals surface area contributed by atoms with E-state index in [1.54, 1.807) is 0 Å². The van der Waals surface area contributed by atoms with Crippen molar-refractivity contribution in [1.82, 2.24) is 14.9 Å². The van der Waals surface area contributed by atoms with Crippen LogP contribution in [0.3, 0.4) is 0 Å². The molecule has 112 valence electrons. The second kappa shape index (κ2) is 7.20. The number of halogens is 1. The third-order valence-electron chi connectivity index (χ3n) is 3.54. The number of hydrogen-bond donors (Lipinski definition) is 1. The van der Waals surface area contributed by atoms with Crippen LogP contribution in [0.2, 0.25) is 5.15 Å². The van der Waals surface area contributed by atoms with E-state index in [2.05, 4.69) is 33.6 Å². The molecule has 1 saturated heterocycles. The molecule has 0 aromatic carbocycles. The standard InChI is InChI=1S/C14H23ClN4O/c1-11(2)14-16-12(15)10-13(17-14)19-5-3-4-18(6-7-19)8-9-20/h10-11,20H,3-9H2,1-2H3. The number of aliphatic hydroxyl groups excluding tert-OH is 1. The van der Waals surface area contributed by atoms with Gasteiger partial charge in [0.05, 0.1) is 6.61 Å². The minimum Gasteiger partial charge on any atom is -0.395 e. The maximum Gasteiger partial charge on any atom is 0.135 e. The molecule has 1 fully saturated rings. The van der Waals surface area contributed by atoms with Gasteiger partial charge < -0.3 is 10.0 Å². The summed E-state index contributed by atoms with van der Waals surface area (Å²) in [6, 6.07) is 1.84. The molecule has 1 N–H and O–H groups in total. The van der Waals surface area contributed by atoms with Crippen LogP contribution in [0.15, 0.2) is 6.07 Å². The van der Waals surface area contributed by atoms with Crippen molar-refractivity contribution in [2.75, 3.05) is 44.2 Å². The van der Waals surface area contributed by atoms with Crippen molar-refractivity contribution in [3.05, 3.63) is 17.0 Å². The zero-order valence-corrected chi connectivity index (χ0v) is 13.0. The molecule has 1 aromatic rings. The van der Waals surface area contributed by atoms with Crippen LogP contribution >= 0.6 is 11.6 Å². The third kappa shape index (κ3) is 4.04. The van der Waals surface area contributed by atoms with E-state index in [1.165, 1.54) is 0 Å². The molecule has 1 aromatic heterocycles. The molecule has 5 nitrogen and oxygen atoms in total. The second-order valence-electron chi connectivity index (χ2n) is 5.47. The Morgan fingerprint density at radius 1 is 1.25 bits per heavy atom. The van der Waals surface area contributed by atoms with Crippen molar-refractivity contribution in [2.45, 2.75) is 26.2 Å². The lowest BCUT2D eigenvalue weighted by atomic mass is 10.2. The SMILES string of the molecule is CC(C)c1nc(Cl)cc(N2CCCN(CCO)CC2)n1. The fourth-order valence-electron chi connectivity index (χ4n) is 2.41. The largest absolute Gasteiger partial charge is 0.395 e. The van der Waals surface area contributed by atoms with Crippen molar-refractivity contribution in [3.8, 4) is 0 Å². The van der Waals surface area contributed by atoms with E-state index in [0.29, 0.717) is 5.15 Å². The highest BCUT2D eigenvalue weighted by atomic mass is 35.5. The van der Waals surface area contributed by atoms with E-state index in [9.17, 15) is 0 Å². The lowest BCUT2D eigenvalue weighted by Gasteiger charge is -2.23. The molecule has 1 aliphatic heterocycles. The first-order valence-corrected chi connectivity index (χ1v) is 7.60. The smallest absolute Gasteiger partial charge is 0.135 e. The Kier molecular flexibility index (Phi) is 5.57. The topological polar surface area (TPSA) is 52.5 Å². The van der Waals surface area contributed by atoms with Crippen LogP contribution < -0.4 is 4.90 Å². The van der Waals surface area contributed by atoms with Gasteiger partial charge in [0.15, 0.2) is 0 Å². The van der Waals surface area contributed by atoms with Gasteiger partial charge in [-0.05, 0) is 13.0 Å². The van der Waals surface area contributed by atoms with Crippen molar-refractivity contribution >= 4 is 17.4 Å². The van der Waals surface area contributed by atoms with Gasteiger partial charge in [-0.2, -0.15) is 0 Å². The monoisotopic (exact) mass is 298 g/mol. The Hall–Kier alpha value is -0.910. The lowest BCUT2D eigenvalue weighted by molar-refractivity contribution is 0.204. The minimum atomic E-state index is 0.219. The Morgan fingerprint density at radius 2 is 2.05 bits per heavy atom. The molecule has 2 heterocycles. The van der Waals surface area contributed by atoms with Crippen LogP contribution in [0.5, 0.6) is 0 Å². The van der Waals surface area contributed by atoms with Gasteiger partial charge in [0.25, 0.3) is 0 Å². The van der Waals surface area contributed by atoms with E-state index in [-0.39, 0.29) is 12.5 Å². The minimum absolute atomic E-state index is 0.219. The molecule has 0 unspecified atom stereocenters. The highest BCUT2D eigenvalue weighted by molar-refractivity contribution is 6.29. The molecule has 20 heavy (non-hydrogen) atoms. The number of nitrogens with zero attached hydrogens (tertiary/aromatic N) is 4. The number of hydrogen-bond acceptors (Lipinski definition) is 5. The quantitative estimate of drug-likeness (QED) is 0.859. The average Bonchev–Trinajstić information content (AvgIpc) is 2.64. The van der Waals surface area contributed by atoms with Crippen LogP contribution in [0.4, 0.5) is 5.82 Å². The van der Waals surface area contributed by atoms with Crippen LogP contribution in [0.25, 0.3) is 0 Å². The normalized spacial score (nSPS) is 17.6. The Bertz CT molecular complexity index is 441. The third-order valence-corrected chi connectivity index (χ3v) is 3.74. The predicted octanol–water partition coefficient (Wildman–Crippen LogP) is 1.76. The van der Waals surface area contributed by atoms with Crippen molar-refractivity contribution < 1.29 is 5.11 Å². The van der Waals surface area contributed by atoms with Crippen LogP contribution in [0, 0.1) is 0 Å². The number of aliphatic hydroxyl groups is 1. The van der Waals surface area contributed by atoms with Gasteiger partial charge in [-0.25, -0.2) is 9.97 Å². The molecule has 0 aliphatic carbocycles. The summed E-state index contributed by atoms with van der Waals surface area (Å²) in [5, 5.41) is 9.54. The molecular formula is C14H23ClN4O. The highest BCUT2D eigenvalue weighted by Crippen LogP contribution is 2.21. The maximum atomic E-state index is 9.03. The second-order valence-corrected chi connectivity index (χ2v) is 5.85. The summed E-state index contributed by atoms with van der Waals surface area (Å²) in [5.41, 5.74) is 0. The molecule has 0 radical (unpaired) electrons. The van der Waals surface area contributed by atoms with E-state index < -0.39 is 0 Å². The van der Waals surface area contributed by atoms with Gasteiger partial charge in [-0.1, -0.05) is 25.4 Å². The van der Waals surface area contributed by atoms with Crippen LogP contribution in [-0.2, 0) is 0 Å². The van der Waals surface area contributed by atoms with Gasteiger partial charge in [-0.3, -0.25) is 4.90 Å². The van der Waals surface area contributed by atoms with Crippen molar-refractivity contribution in [3.63, 3.8) is 0 Å². The van der Waals surface area contributed by atoms with E-state index >= 15 is 0 Å². The van der Waals surface area contributed by atoms with E-state index in [0.717, 1.165) is 50.8 Å². The molecular weight excluding hydrogens is 276 g/mol. The van der Waals surface area contributed by atoms with Crippen molar-refractivity contribution in [2.24, 2.45) is 0 Å². The summed E-state index contributed by atoms with van der Waals surface area (Å²) in [5.74, 6) is 1.98. The lowest BCUT2D eigenvalue weighted by Crippen LogP contribution is -2.32. The predicted molar refractivity (Wildman–Crippen MR) is 81.5 cm³/mol. The fourth-order valence-corrected chi connectivity index (χ4v) is 2.59. The van der Waals surface area contributed by atoms with Crippen LogP contribution in [0.1, 0.15) is 32.0 Å². The first kappa shape index (κ1) is 15.5. The van der Waals surface area contributed by atoms with Gasteiger partial charge in [0, 0.05) is 38.2 Å². The zero-order valence-electron chi connectivity index (χ0n) is 12.2. The number of anilines is 1. The first-order chi connectivity index (χ1) is 9.60. The van der Waals surface area contributed by atoms with Gasteiger partial charge in [0.2, 0.25) is 0 Å². The summed E-state index contributed by atoms with van der Waals surface area (Å²) in [6.07, 6.45) is 1.07. The van der Waals surface area contributed by atoms with E-state index in [1.807, 2.05) is 6.07 Å². The molecule has 0 spiro atoms. The molecule has 6 heteroatoms. The number of rotatable bonds is 4. The number of β-amino-alcohol motifs (C(OH)–C–C–N with tert-alkyl or cyclic N) is 1. The van der Waals surface area contributed by atoms with Gasteiger partial charge in [0.1, 0.15) is 16.8 Å². The Morgan fingerprint density at radius 3 is 2.75 bits per heavy atom. The molecule has 0 bridgehead atoms. The summed E-state index contributed by atoms with van der Waals surface area (Å²) in [7, 11) is 0. The number of aromatic nitrogens is 2. The average molecular weight is 299 g/mol. The molecule has 0 saturated carbocycles. The summed E-state index contributed by atoms with van der Waals surface area (Å²) in [6.45, 7) is 8.94. The molecule has 2 rings (SSSR count). The van der Waals surface area contributed by atoms with Gasteiger partial charge >= 0.3 is 0 Å². The summed E-state index contributed by atoms with van der Waals surface area (Å²) in [4.78, 5) is 13.5. The van der Waals surface area contributed by atoms with Crippen LogP contribution in [-0.4, -0.2) is 59.3 Å².